The standard InChI is InChI=1S/C15H20N2O3/c1-15(2)8-9-16(11-15)14(20)17(10-13(18)19)12-6-4-3-5-7-12/h3-7H,8-11H2,1-2H3,(H,18,19). The van der Waals surface area contributed by atoms with Crippen LogP contribution in [-0.4, -0.2) is 41.6 Å². The summed E-state index contributed by atoms with van der Waals surface area (Å²) in [4.78, 5) is 26.6. The molecule has 0 spiro atoms. The van der Waals surface area contributed by atoms with E-state index in [1.807, 2.05) is 6.07 Å². The van der Waals surface area contributed by atoms with Crippen molar-refractivity contribution in [1.29, 1.82) is 0 Å². The van der Waals surface area contributed by atoms with E-state index >= 15 is 0 Å². The molecule has 0 saturated carbocycles. The molecular weight excluding hydrogens is 256 g/mol. The van der Waals surface area contributed by atoms with Crippen molar-refractivity contribution in [2.45, 2.75) is 20.3 Å². The summed E-state index contributed by atoms with van der Waals surface area (Å²) in [5.41, 5.74) is 0.714. The van der Waals surface area contributed by atoms with E-state index in [4.69, 9.17) is 5.11 Å². The van der Waals surface area contributed by atoms with Gasteiger partial charge in [0, 0.05) is 18.8 Å². The highest BCUT2D eigenvalue weighted by Gasteiger charge is 2.34. The van der Waals surface area contributed by atoms with Crippen molar-refractivity contribution in [3.63, 3.8) is 0 Å². The van der Waals surface area contributed by atoms with E-state index in [-0.39, 0.29) is 18.0 Å². The topological polar surface area (TPSA) is 60.9 Å². The largest absolute Gasteiger partial charge is 0.480 e. The molecule has 1 aromatic rings. The van der Waals surface area contributed by atoms with Gasteiger partial charge in [-0.15, -0.1) is 0 Å². The second-order valence-electron chi connectivity index (χ2n) is 5.93. The Balaban J connectivity index is 2.19. The van der Waals surface area contributed by atoms with Gasteiger partial charge in [0.2, 0.25) is 0 Å². The number of nitrogens with zero attached hydrogens (tertiary/aromatic N) is 2. The van der Waals surface area contributed by atoms with Crippen LogP contribution in [0.15, 0.2) is 30.3 Å². The van der Waals surface area contributed by atoms with Crippen LogP contribution in [0.3, 0.4) is 0 Å². The number of likely N-dealkylation sites (tertiary alicyclic amines) is 1. The third kappa shape index (κ3) is 3.29. The number of rotatable bonds is 3. The second kappa shape index (κ2) is 5.53. The molecule has 1 aliphatic rings. The fourth-order valence-electron chi connectivity index (χ4n) is 2.46. The molecule has 0 aromatic heterocycles. The number of amides is 2. The molecule has 1 fully saturated rings. The van der Waals surface area contributed by atoms with Crippen LogP contribution in [0.5, 0.6) is 0 Å². The van der Waals surface area contributed by atoms with E-state index in [0.29, 0.717) is 18.8 Å². The zero-order chi connectivity index (χ0) is 14.8. The smallest absolute Gasteiger partial charge is 0.325 e. The lowest BCUT2D eigenvalue weighted by Gasteiger charge is -2.27. The first-order valence-electron chi connectivity index (χ1n) is 6.72. The number of para-hydroxylation sites is 1. The summed E-state index contributed by atoms with van der Waals surface area (Å²) < 4.78 is 0. The SMILES string of the molecule is CC1(C)CCN(C(=O)N(CC(=O)O)c2ccccc2)C1. The van der Waals surface area contributed by atoms with Crippen LogP contribution in [-0.2, 0) is 4.79 Å². The third-order valence-corrected chi connectivity index (χ3v) is 3.54. The van der Waals surface area contributed by atoms with Gasteiger partial charge in [-0.25, -0.2) is 4.79 Å². The van der Waals surface area contributed by atoms with Gasteiger partial charge in [-0.05, 0) is 24.0 Å². The molecule has 0 aliphatic carbocycles. The molecule has 0 radical (unpaired) electrons. The molecule has 2 amide bonds. The lowest BCUT2D eigenvalue weighted by Crippen LogP contribution is -2.45. The first-order chi connectivity index (χ1) is 9.39. The predicted molar refractivity (Wildman–Crippen MR) is 76.8 cm³/mol. The minimum atomic E-state index is -1.01. The van der Waals surface area contributed by atoms with Gasteiger partial charge in [0.1, 0.15) is 6.54 Å². The van der Waals surface area contributed by atoms with Gasteiger partial charge in [-0.3, -0.25) is 9.69 Å². The summed E-state index contributed by atoms with van der Waals surface area (Å²) in [5.74, 6) is -1.01. The van der Waals surface area contributed by atoms with Crippen LogP contribution in [0.2, 0.25) is 0 Å². The molecular formula is C15H20N2O3. The molecule has 1 aliphatic heterocycles. The molecule has 5 heteroatoms. The summed E-state index contributed by atoms with van der Waals surface area (Å²) in [6.07, 6.45) is 0.939. The van der Waals surface area contributed by atoms with E-state index in [9.17, 15) is 9.59 Å². The Morgan fingerprint density at radius 3 is 2.45 bits per heavy atom. The lowest BCUT2D eigenvalue weighted by atomic mass is 9.93. The molecule has 1 saturated heterocycles. The third-order valence-electron chi connectivity index (χ3n) is 3.54. The number of carbonyl (C=O) groups excluding carboxylic acids is 1. The number of urea groups is 1. The van der Waals surface area contributed by atoms with E-state index < -0.39 is 5.97 Å². The maximum Gasteiger partial charge on any atom is 0.325 e. The number of hydrogen-bond donors (Lipinski definition) is 1. The van der Waals surface area contributed by atoms with Crippen molar-refractivity contribution in [2.75, 3.05) is 24.5 Å². The predicted octanol–water partition coefficient (Wildman–Crippen LogP) is 2.43. The minimum Gasteiger partial charge on any atom is -0.480 e. The highest BCUT2D eigenvalue weighted by Crippen LogP contribution is 2.30. The molecule has 1 aromatic carbocycles. The van der Waals surface area contributed by atoms with Gasteiger partial charge in [0.15, 0.2) is 0 Å². The van der Waals surface area contributed by atoms with Crippen molar-refractivity contribution in [3.8, 4) is 0 Å². The van der Waals surface area contributed by atoms with Gasteiger partial charge in [0.25, 0.3) is 0 Å². The van der Waals surface area contributed by atoms with Crippen LogP contribution >= 0.6 is 0 Å². The Morgan fingerprint density at radius 1 is 1.30 bits per heavy atom. The van der Waals surface area contributed by atoms with Gasteiger partial charge < -0.3 is 10.0 Å². The fraction of sp³-hybridized carbons (Fsp3) is 0.467. The number of carboxylic acids is 1. The molecule has 0 bridgehead atoms. The van der Waals surface area contributed by atoms with Crippen molar-refractivity contribution in [2.24, 2.45) is 5.41 Å². The van der Waals surface area contributed by atoms with Crippen molar-refractivity contribution in [1.82, 2.24) is 4.90 Å². The van der Waals surface area contributed by atoms with E-state index in [0.717, 1.165) is 6.42 Å². The zero-order valence-electron chi connectivity index (χ0n) is 11.9. The summed E-state index contributed by atoms with van der Waals surface area (Å²) in [6.45, 7) is 5.25. The van der Waals surface area contributed by atoms with Crippen LogP contribution in [0.1, 0.15) is 20.3 Å². The second-order valence-corrected chi connectivity index (χ2v) is 5.93. The van der Waals surface area contributed by atoms with E-state index in [1.54, 1.807) is 29.2 Å². The summed E-state index contributed by atoms with van der Waals surface area (Å²) >= 11 is 0. The average Bonchev–Trinajstić information content (AvgIpc) is 2.76. The van der Waals surface area contributed by atoms with Crippen LogP contribution < -0.4 is 4.90 Å². The van der Waals surface area contributed by atoms with Crippen LogP contribution in [0.25, 0.3) is 0 Å². The number of aliphatic carboxylic acids is 1. The Morgan fingerprint density at radius 2 is 1.95 bits per heavy atom. The maximum absolute atomic E-state index is 12.6. The summed E-state index contributed by atoms with van der Waals surface area (Å²) in [5, 5.41) is 9.03. The average molecular weight is 276 g/mol. The monoisotopic (exact) mass is 276 g/mol. The minimum absolute atomic E-state index is 0.0985. The lowest BCUT2D eigenvalue weighted by molar-refractivity contribution is -0.135. The van der Waals surface area contributed by atoms with Crippen LogP contribution in [0.4, 0.5) is 10.5 Å². The van der Waals surface area contributed by atoms with Gasteiger partial charge in [-0.2, -0.15) is 0 Å². The van der Waals surface area contributed by atoms with Crippen molar-refractivity contribution >= 4 is 17.7 Å². The number of anilines is 1. The van der Waals surface area contributed by atoms with Crippen LogP contribution in [0, 0.1) is 5.41 Å². The molecule has 20 heavy (non-hydrogen) atoms. The Kier molecular flexibility index (Phi) is 3.97. The van der Waals surface area contributed by atoms with Crippen molar-refractivity contribution < 1.29 is 14.7 Å². The molecule has 0 unspecified atom stereocenters. The Labute approximate surface area is 118 Å². The molecule has 0 atom stereocenters. The number of carboxylic acid groups (broad SMARTS) is 1. The first-order valence-corrected chi connectivity index (χ1v) is 6.72. The van der Waals surface area contributed by atoms with Gasteiger partial charge >= 0.3 is 12.0 Å². The zero-order valence-corrected chi connectivity index (χ0v) is 11.9. The normalized spacial score (nSPS) is 17.0. The number of benzene rings is 1. The van der Waals surface area contributed by atoms with Crippen molar-refractivity contribution in [3.05, 3.63) is 30.3 Å². The summed E-state index contributed by atoms with van der Waals surface area (Å²) in [7, 11) is 0. The Bertz CT molecular complexity index is 499. The molecule has 2 rings (SSSR count). The molecule has 108 valence electrons. The molecule has 5 nitrogen and oxygen atoms in total. The quantitative estimate of drug-likeness (QED) is 0.922. The number of carbonyl (C=O) groups is 2. The van der Waals surface area contributed by atoms with E-state index in [1.165, 1.54) is 4.90 Å². The highest BCUT2D eigenvalue weighted by molar-refractivity contribution is 5.96. The van der Waals surface area contributed by atoms with Gasteiger partial charge in [0.05, 0.1) is 0 Å². The van der Waals surface area contributed by atoms with E-state index in [2.05, 4.69) is 13.8 Å². The molecule has 1 heterocycles. The Hall–Kier alpha value is -2.04. The maximum atomic E-state index is 12.6. The fourth-order valence-corrected chi connectivity index (χ4v) is 2.46. The number of hydrogen-bond acceptors (Lipinski definition) is 2. The summed E-state index contributed by atoms with van der Waals surface area (Å²) in [6, 6.07) is 8.71. The van der Waals surface area contributed by atoms with Gasteiger partial charge in [-0.1, -0.05) is 32.0 Å². The first kappa shape index (κ1) is 14.4. The molecule has 1 N–H and O–H groups in total. The highest BCUT2D eigenvalue weighted by atomic mass is 16.4.